The first-order valence-corrected chi connectivity index (χ1v) is 17.6. The van der Waals surface area contributed by atoms with Gasteiger partial charge >= 0.3 is 0 Å². The summed E-state index contributed by atoms with van der Waals surface area (Å²) >= 11 is 0. The highest BCUT2D eigenvalue weighted by Crippen LogP contribution is 2.73. The molecule has 0 radical (unpaired) electrons. The zero-order chi connectivity index (χ0) is 31.8. The van der Waals surface area contributed by atoms with E-state index in [9.17, 15) is 5.26 Å². The molecule has 0 amide bonds. The molecule has 5 aromatic carbocycles. The van der Waals surface area contributed by atoms with E-state index in [0.717, 1.165) is 40.4 Å². The largest absolute Gasteiger partial charge is 0.309 e. The fourth-order valence-corrected chi connectivity index (χ4v) is 11.8. The minimum Gasteiger partial charge on any atom is -0.309 e. The van der Waals surface area contributed by atoms with E-state index in [1.807, 2.05) is 0 Å². The van der Waals surface area contributed by atoms with Crippen LogP contribution in [0, 0.1) is 48.9 Å². The standard InChI is InChI=1S/C45H40N2/c1-26-18-29(25-46)19-27(2)43(26)47(41-15-9-14-38-42(41)35-11-6-7-12-36(35)44(38,3)4)32-16-17-34-33-10-5-8-13-37(33)45(40(34)24-32)31-21-28-20-30(23-31)39(45)22-28/h5-19,24,28,30-31,39H,20-23H2,1-4H3. The number of nitriles is 1. The van der Waals surface area contributed by atoms with Crippen molar-refractivity contribution >= 4 is 17.1 Å². The summed E-state index contributed by atoms with van der Waals surface area (Å²) in [7, 11) is 0. The maximum absolute atomic E-state index is 9.89. The maximum atomic E-state index is 9.89. The molecule has 2 nitrogen and oxygen atoms in total. The Bertz CT molecular complexity index is 2190. The molecule has 0 N–H and O–H groups in total. The number of anilines is 3. The molecule has 6 aliphatic rings. The van der Waals surface area contributed by atoms with Gasteiger partial charge in [0.2, 0.25) is 0 Å². The van der Waals surface area contributed by atoms with Crippen molar-refractivity contribution in [3.05, 3.63) is 136 Å². The molecular formula is C45H40N2. The molecule has 4 bridgehead atoms. The van der Waals surface area contributed by atoms with Crippen molar-refractivity contribution in [1.29, 1.82) is 5.26 Å². The first-order chi connectivity index (χ1) is 22.8. The summed E-state index contributed by atoms with van der Waals surface area (Å²) in [6, 6.07) is 39.2. The van der Waals surface area contributed by atoms with Gasteiger partial charge in [-0.3, -0.25) is 0 Å². The average molecular weight is 609 g/mol. The lowest BCUT2D eigenvalue weighted by molar-refractivity contribution is 0.191. The van der Waals surface area contributed by atoms with E-state index in [-0.39, 0.29) is 10.8 Å². The Labute approximate surface area is 278 Å². The van der Waals surface area contributed by atoms with Crippen LogP contribution in [-0.4, -0.2) is 0 Å². The fourth-order valence-electron chi connectivity index (χ4n) is 11.8. The third kappa shape index (κ3) is 3.35. The molecule has 0 aliphatic heterocycles. The number of hydrogen-bond donors (Lipinski definition) is 0. The second-order valence-electron chi connectivity index (χ2n) is 15.8. The fraction of sp³-hybridized carbons (Fsp3) is 0.311. The van der Waals surface area contributed by atoms with Crippen LogP contribution in [0.15, 0.2) is 97.1 Å². The Hall–Kier alpha value is -4.61. The van der Waals surface area contributed by atoms with E-state index in [0.29, 0.717) is 0 Å². The van der Waals surface area contributed by atoms with Crippen LogP contribution in [0.3, 0.4) is 0 Å². The monoisotopic (exact) mass is 608 g/mol. The summed E-state index contributed by atoms with van der Waals surface area (Å²) in [6.07, 6.45) is 5.57. The second-order valence-corrected chi connectivity index (χ2v) is 15.8. The second kappa shape index (κ2) is 9.26. The SMILES string of the molecule is Cc1cc(C#N)cc(C)c1N(c1ccc2c(c1)C1(c3ccccc3-2)C2CC3CC(C2)C1C3)c1cccc2c1-c1ccccc1C2(C)C. The number of fused-ring (bicyclic) bond motifs is 6. The molecule has 5 atom stereocenters. The van der Waals surface area contributed by atoms with Gasteiger partial charge in [-0.25, -0.2) is 0 Å². The van der Waals surface area contributed by atoms with Crippen LogP contribution in [0.5, 0.6) is 0 Å². The van der Waals surface area contributed by atoms with Crippen LogP contribution < -0.4 is 4.90 Å². The number of hydrogen-bond acceptors (Lipinski definition) is 2. The molecule has 2 heteroatoms. The maximum Gasteiger partial charge on any atom is 0.0991 e. The highest BCUT2D eigenvalue weighted by molar-refractivity contribution is 5.97. The molecule has 4 saturated carbocycles. The highest BCUT2D eigenvalue weighted by atomic mass is 15.2. The van der Waals surface area contributed by atoms with Crippen molar-refractivity contribution in [2.45, 2.75) is 64.2 Å². The number of aryl methyl sites for hydroxylation is 2. The zero-order valence-corrected chi connectivity index (χ0v) is 27.8. The first kappa shape index (κ1) is 27.5. The molecule has 6 aliphatic carbocycles. The smallest absolute Gasteiger partial charge is 0.0991 e. The topological polar surface area (TPSA) is 27.0 Å². The van der Waals surface area contributed by atoms with Crippen molar-refractivity contribution in [3.8, 4) is 28.3 Å². The number of nitrogens with zero attached hydrogens (tertiary/aromatic N) is 2. The Morgan fingerprint density at radius 1 is 0.681 bits per heavy atom. The van der Waals surface area contributed by atoms with Gasteiger partial charge in [0, 0.05) is 22.1 Å². The third-order valence-electron chi connectivity index (χ3n) is 13.3. The van der Waals surface area contributed by atoms with Crippen LogP contribution in [0.2, 0.25) is 0 Å². The molecule has 0 saturated heterocycles. The summed E-state index contributed by atoms with van der Waals surface area (Å²) in [5.41, 5.74) is 18.1. The summed E-state index contributed by atoms with van der Waals surface area (Å²) < 4.78 is 0. The molecule has 1 spiro atoms. The van der Waals surface area contributed by atoms with Crippen LogP contribution in [0.4, 0.5) is 17.1 Å². The predicted molar refractivity (Wildman–Crippen MR) is 192 cm³/mol. The molecule has 5 aromatic rings. The van der Waals surface area contributed by atoms with Crippen LogP contribution in [0.1, 0.15) is 78.5 Å². The molecule has 5 unspecified atom stereocenters. The lowest BCUT2D eigenvalue weighted by atomic mass is 9.59. The van der Waals surface area contributed by atoms with Gasteiger partial charge in [0.1, 0.15) is 0 Å². The first-order valence-electron chi connectivity index (χ1n) is 17.6. The number of rotatable bonds is 3. The van der Waals surface area contributed by atoms with Gasteiger partial charge in [0.15, 0.2) is 0 Å². The van der Waals surface area contributed by atoms with Crippen molar-refractivity contribution in [2.24, 2.45) is 23.7 Å². The third-order valence-corrected chi connectivity index (χ3v) is 13.3. The normalized spacial score (nSPS) is 26.2. The molecule has 47 heavy (non-hydrogen) atoms. The Morgan fingerprint density at radius 3 is 2.15 bits per heavy atom. The molecule has 0 heterocycles. The van der Waals surface area contributed by atoms with Gasteiger partial charge in [-0.2, -0.15) is 5.26 Å². The van der Waals surface area contributed by atoms with Crippen LogP contribution >= 0.6 is 0 Å². The van der Waals surface area contributed by atoms with Crippen LogP contribution in [0.25, 0.3) is 22.3 Å². The van der Waals surface area contributed by atoms with E-state index < -0.39 is 0 Å². The zero-order valence-electron chi connectivity index (χ0n) is 27.8. The van der Waals surface area contributed by atoms with Gasteiger partial charge in [-0.1, -0.05) is 80.6 Å². The van der Waals surface area contributed by atoms with Gasteiger partial charge < -0.3 is 4.90 Å². The Morgan fingerprint density at radius 2 is 1.38 bits per heavy atom. The van der Waals surface area contributed by atoms with E-state index in [1.54, 1.807) is 11.1 Å². The molecule has 11 rings (SSSR count). The van der Waals surface area contributed by atoms with Gasteiger partial charge in [0.05, 0.1) is 23.0 Å². The minimum absolute atomic E-state index is 0.0892. The van der Waals surface area contributed by atoms with E-state index >= 15 is 0 Å². The van der Waals surface area contributed by atoms with E-state index in [2.05, 4.69) is 136 Å². The number of benzene rings is 5. The lowest BCUT2D eigenvalue weighted by Gasteiger charge is -2.44. The summed E-state index contributed by atoms with van der Waals surface area (Å²) in [6.45, 7) is 9.09. The molecular weight excluding hydrogens is 569 g/mol. The van der Waals surface area contributed by atoms with Crippen molar-refractivity contribution in [3.63, 3.8) is 0 Å². The lowest BCUT2D eigenvalue weighted by Crippen LogP contribution is -2.40. The van der Waals surface area contributed by atoms with Gasteiger partial charge in [0.25, 0.3) is 0 Å². The van der Waals surface area contributed by atoms with Gasteiger partial charge in [-0.05, 0) is 144 Å². The molecule has 4 fully saturated rings. The minimum atomic E-state index is -0.0892. The summed E-state index contributed by atoms with van der Waals surface area (Å²) in [5.74, 6) is 3.24. The van der Waals surface area contributed by atoms with E-state index in [1.165, 1.54) is 76.1 Å². The predicted octanol–water partition coefficient (Wildman–Crippen LogP) is 11.3. The Kier molecular flexibility index (Phi) is 5.42. The quantitative estimate of drug-likeness (QED) is 0.204. The van der Waals surface area contributed by atoms with Crippen molar-refractivity contribution in [1.82, 2.24) is 0 Å². The summed E-state index contributed by atoms with van der Waals surface area (Å²) in [5, 5.41) is 9.89. The molecule has 230 valence electrons. The van der Waals surface area contributed by atoms with Crippen LogP contribution in [-0.2, 0) is 10.8 Å². The van der Waals surface area contributed by atoms with E-state index in [4.69, 9.17) is 0 Å². The van der Waals surface area contributed by atoms with Gasteiger partial charge in [-0.15, -0.1) is 0 Å². The highest BCUT2D eigenvalue weighted by Gasteiger charge is 2.66. The van der Waals surface area contributed by atoms with Crippen molar-refractivity contribution in [2.75, 3.05) is 4.90 Å². The summed E-state index contributed by atoms with van der Waals surface area (Å²) in [4.78, 5) is 2.55. The molecule has 0 aromatic heterocycles. The average Bonchev–Trinajstić information content (AvgIpc) is 3.70. The Balaban J connectivity index is 1.26. The van der Waals surface area contributed by atoms with Crippen molar-refractivity contribution < 1.29 is 0 Å².